The molecule has 0 radical (unpaired) electrons. The molecule has 1 aromatic rings. The van der Waals surface area contributed by atoms with Crippen LogP contribution in [-0.2, 0) is 0 Å². The molecule has 0 atom stereocenters. The summed E-state index contributed by atoms with van der Waals surface area (Å²) in [5.74, 6) is 0.318. The van der Waals surface area contributed by atoms with E-state index >= 15 is 0 Å². The zero-order valence-electron chi connectivity index (χ0n) is 8.40. The zero-order chi connectivity index (χ0) is 12.1. The summed E-state index contributed by atoms with van der Waals surface area (Å²) in [5, 5.41) is 13.1. The van der Waals surface area contributed by atoms with Gasteiger partial charge in [0.25, 0.3) is 0 Å². The number of phenols is 1. The Morgan fingerprint density at radius 3 is 2.94 bits per heavy atom. The largest absolute Gasteiger partial charge is 0.504 e. The number of nitrogens with two attached hydrogens (primary N) is 1. The number of ether oxygens (including phenoxy) is 1. The number of benzene rings is 1. The van der Waals surface area contributed by atoms with Crippen LogP contribution in [0.25, 0.3) is 0 Å². The van der Waals surface area contributed by atoms with E-state index in [1.165, 1.54) is 19.4 Å². The van der Waals surface area contributed by atoms with Crippen molar-refractivity contribution in [3.63, 3.8) is 0 Å². The van der Waals surface area contributed by atoms with Crippen molar-refractivity contribution >= 4 is 28.2 Å². The number of amides is 2. The Morgan fingerprint density at radius 2 is 2.38 bits per heavy atom. The first-order valence-corrected chi connectivity index (χ1v) is 4.99. The summed E-state index contributed by atoms with van der Waals surface area (Å²) in [5.41, 5.74) is 7.45. The number of methoxy groups -OCH3 is 1. The fourth-order valence-electron chi connectivity index (χ4n) is 0.988. The molecule has 16 heavy (non-hydrogen) atoms. The van der Waals surface area contributed by atoms with E-state index in [1.807, 2.05) is 5.43 Å². The lowest BCUT2D eigenvalue weighted by Crippen LogP contribution is -2.24. The predicted molar refractivity (Wildman–Crippen MR) is 62.7 cm³/mol. The number of nitrogens with one attached hydrogen (secondary N) is 1. The summed E-state index contributed by atoms with van der Waals surface area (Å²) in [6.07, 6.45) is 1.34. The van der Waals surface area contributed by atoms with Gasteiger partial charge in [-0.2, -0.15) is 5.10 Å². The molecule has 7 heteroatoms. The first-order chi connectivity index (χ1) is 7.54. The van der Waals surface area contributed by atoms with Crippen molar-refractivity contribution in [2.75, 3.05) is 7.11 Å². The van der Waals surface area contributed by atoms with Crippen LogP contribution in [0.1, 0.15) is 5.56 Å². The fourth-order valence-corrected chi connectivity index (χ4v) is 1.41. The van der Waals surface area contributed by atoms with Crippen molar-refractivity contribution < 1.29 is 14.6 Å². The topological polar surface area (TPSA) is 96.9 Å². The average molecular weight is 288 g/mol. The van der Waals surface area contributed by atoms with Gasteiger partial charge in [-0.15, -0.1) is 0 Å². The summed E-state index contributed by atoms with van der Waals surface area (Å²) in [4.78, 5) is 10.4. The van der Waals surface area contributed by atoms with Crippen LogP contribution in [0.4, 0.5) is 4.79 Å². The number of urea groups is 1. The molecule has 0 spiro atoms. The molecule has 86 valence electrons. The van der Waals surface area contributed by atoms with Crippen molar-refractivity contribution in [3.8, 4) is 11.5 Å². The van der Waals surface area contributed by atoms with Crippen LogP contribution >= 0.6 is 15.9 Å². The molecule has 4 N–H and O–H groups in total. The van der Waals surface area contributed by atoms with Crippen molar-refractivity contribution in [1.29, 1.82) is 0 Å². The van der Waals surface area contributed by atoms with E-state index < -0.39 is 6.03 Å². The Kier molecular flexibility index (Phi) is 4.12. The second kappa shape index (κ2) is 5.36. The van der Waals surface area contributed by atoms with Gasteiger partial charge < -0.3 is 15.6 Å². The van der Waals surface area contributed by atoms with E-state index in [4.69, 9.17) is 10.5 Å². The molecule has 0 saturated carbocycles. The zero-order valence-corrected chi connectivity index (χ0v) is 9.98. The van der Waals surface area contributed by atoms with E-state index in [2.05, 4.69) is 21.0 Å². The highest BCUT2D eigenvalue weighted by Gasteiger charge is 2.06. The predicted octanol–water partition coefficient (Wildman–Crippen LogP) is 1.17. The smallest absolute Gasteiger partial charge is 0.332 e. The van der Waals surface area contributed by atoms with E-state index in [-0.39, 0.29) is 5.75 Å². The third-order valence-corrected chi connectivity index (χ3v) is 2.36. The molecule has 0 aromatic heterocycles. The molecule has 0 bridgehead atoms. The number of carbonyl (C=O) groups excluding carboxylic acids is 1. The Balaban J connectivity index is 2.93. The Labute approximate surface area is 100 Å². The van der Waals surface area contributed by atoms with Crippen molar-refractivity contribution in [3.05, 3.63) is 22.2 Å². The lowest BCUT2D eigenvalue weighted by atomic mass is 10.2. The van der Waals surface area contributed by atoms with Gasteiger partial charge in [0.2, 0.25) is 0 Å². The van der Waals surface area contributed by atoms with Crippen LogP contribution in [0, 0.1) is 0 Å². The summed E-state index contributed by atoms with van der Waals surface area (Å²) in [6.45, 7) is 0. The molecular formula is C9H10BrN3O3. The third-order valence-electron chi connectivity index (χ3n) is 1.68. The van der Waals surface area contributed by atoms with Gasteiger partial charge in [0.15, 0.2) is 11.5 Å². The first-order valence-electron chi connectivity index (χ1n) is 4.19. The molecule has 0 heterocycles. The lowest BCUT2D eigenvalue weighted by Gasteiger charge is -2.05. The molecule has 0 fully saturated rings. The number of rotatable bonds is 3. The second-order valence-electron chi connectivity index (χ2n) is 2.78. The number of aromatic hydroxyl groups is 1. The molecular weight excluding hydrogens is 278 g/mol. The average Bonchev–Trinajstić information content (AvgIpc) is 2.22. The normalized spacial score (nSPS) is 10.4. The highest BCUT2D eigenvalue weighted by Crippen LogP contribution is 2.31. The standard InChI is InChI=1S/C9H10BrN3O3/c1-16-8-3-6(10)5(2-7(8)14)4-12-13-9(11)15/h2-4,14H,1H3,(H3,11,13,15). The Hall–Kier alpha value is -1.76. The van der Waals surface area contributed by atoms with Gasteiger partial charge in [-0.1, -0.05) is 0 Å². The maximum atomic E-state index is 10.4. The molecule has 0 saturated heterocycles. The highest BCUT2D eigenvalue weighted by molar-refractivity contribution is 9.10. The van der Waals surface area contributed by atoms with Gasteiger partial charge in [0.05, 0.1) is 13.3 Å². The molecule has 1 aromatic carbocycles. The maximum Gasteiger partial charge on any atom is 0.332 e. The van der Waals surface area contributed by atoms with Gasteiger partial charge in [-0.25, -0.2) is 10.2 Å². The number of nitrogens with zero attached hydrogens (tertiary/aromatic N) is 1. The summed E-state index contributed by atoms with van der Waals surface area (Å²) >= 11 is 3.26. The minimum Gasteiger partial charge on any atom is -0.504 e. The lowest BCUT2D eigenvalue weighted by molar-refractivity contribution is 0.249. The van der Waals surface area contributed by atoms with Gasteiger partial charge in [0, 0.05) is 10.0 Å². The summed E-state index contributed by atoms with van der Waals surface area (Å²) < 4.78 is 5.57. The quantitative estimate of drug-likeness (QED) is 0.575. The second-order valence-corrected chi connectivity index (χ2v) is 3.63. The molecule has 6 nitrogen and oxygen atoms in total. The minimum absolute atomic E-state index is 0.0220. The van der Waals surface area contributed by atoms with Gasteiger partial charge in [-0.3, -0.25) is 0 Å². The van der Waals surface area contributed by atoms with E-state index in [9.17, 15) is 9.90 Å². The maximum absolute atomic E-state index is 10.4. The van der Waals surface area contributed by atoms with Crippen molar-refractivity contribution in [2.45, 2.75) is 0 Å². The first kappa shape index (κ1) is 12.3. The van der Waals surface area contributed by atoms with E-state index in [1.54, 1.807) is 6.07 Å². The molecule has 0 aliphatic rings. The van der Waals surface area contributed by atoms with Gasteiger partial charge in [-0.05, 0) is 28.1 Å². The number of phenolic OH excluding ortho intramolecular Hbond substituents is 1. The highest BCUT2D eigenvalue weighted by atomic mass is 79.9. The number of halogens is 1. The minimum atomic E-state index is -0.759. The molecule has 2 amide bonds. The number of primary amides is 1. The number of carbonyl (C=O) groups is 1. The van der Waals surface area contributed by atoms with Crippen LogP contribution < -0.4 is 15.9 Å². The van der Waals surface area contributed by atoms with Gasteiger partial charge in [0.1, 0.15) is 0 Å². The van der Waals surface area contributed by atoms with Crippen LogP contribution in [0.5, 0.6) is 11.5 Å². The summed E-state index contributed by atoms with van der Waals surface area (Å²) in [7, 11) is 1.45. The molecule has 0 aliphatic carbocycles. The van der Waals surface area contributed by atoms with E-state index in [0.29, 0.717) is 15.8 Å². The van der Waals surface area contributed by atoms with Crippen LogP contribution in [0.15, 0.2) is 21.7 Å². The van der Waals surface area contributed by atoms with Crippen LogP contribution in [0.2, 0.25) is 0 Å². The van der Waals surface area contributed by atoms with Crippen molar-refractivity contribution in [2.24, 2.45) is 10.8 Å². The van der Waals surface area contributed by atoms with E-state index in [0.717, 1.165) is 0 Å². The monoisotopic (exact) mass is 287 g/mol. The Morgan fingerprint density at radius 1 is 1.69 bits per heavy atom. The molecule has 0 unspecified atom stereocenters. The SMILES string of the molecule is COc1cc(Br)c(C=NNC(N)=O)cc1O. The number of hydrogen-bond acceptors (Lipinski definition) is 4. The number of hydrazone groups is 1. The fraction of sp³-hybridized carbons (Fsp3) is 0.111. The van der Waals surface area contributed by atoms with Gasteiger partial charge >= 0.3 is 6.03 Å². The van der Waals surface area contributed by atoms with Crippen LogP contribution in [-0.4, -0.2) is 24.5 Å². The number of hydrogen-bond donors (Lipinski definition) is 3. The molecule has 0 aliphatic heterocycles. The molecule has 1 rings (SSSR count). The van der Waals surface area contributed by atoms with Crippen molar-refractivity contribution in [1.82, 2.24) is 5.43 Å². The Bertz CT molecular complexity index is 434. The van der Waals surface area contributed by atoms with Crippen LogP contribution in [0.3, 0.4) is 0 Å². The third kappa shape index (κ3) is 3.13. The summed E-state index contributed by atoms with van der Waals surface area (Å²) in [6, 6.07) is 2.26.